The molecule has 1 aliphatic rings. The van der Waals surface area contributed by atoms with Crippen molar-refractivity contribution >= 4 is 17.4 Å². The Morgan fingerprint density at radius 2 is 2.00 bits per heavy atom. The van der Waals surface area contributed by atoms with Crippen molar-refractivity contribution in [2.24, 2.45) is 0 Å². The number of carbonyl (C=O) groups is 1. The molecule has 0 radical (unpaired) electrons. The number of urea groups is 1. The van der Waals surface area contributed by atoms with Gasteiger partial charge in [-0.2, -0.15) is 14.7 Å². The zero-order valence-corrected chi connectivity index (χ0v) is 16.4. The van der Waals surface area contributed by atoms with E-state index in [0.717, 1.165) is 28.8 Å². The van der Waals surface area contributed by atoms with Crippen LogP contribution in [0.25, 0.3) is 16.9 Å². The summed E-state index contributed by atoms with van der Waals surface area (Å²) in [6.45, 7) is 2.46. The van der Waals surface area contributed by atoms with Crippen LogP contribution in [0.2, 0.25) is 0 Å². The van der Waals surface area contributed by atoms with Crippen molar-refractivity contribution < 1.29 is 9.63 Å². The Labute approximate surface area is 173 Å². The number of hydrogen-bond donors (Lipinski definition) is 1. The van der Waals surface area contributed by atoms with Gasteiger partial charge in [0.1, 0.15) is 6.33 Å². The third-order valence-corrected chi connectivity index (χ3v) is 5.23. The van der Waals surface area contributed by atoms with Gasteiger partial charge in [-0.1, -0.05) is 42.5 Å². The highest BCUT2D eigenvalue weighted by atomic mass is 16.7. The minimum absolute atomic E-state index is 0.104. The summed E-state index contributed by atoms with van der Waals surface area (Å²) < 4.78 is 1.62. The lowest BCUT2D eigenvalue weighted by molar-refractivity contribution is -0.0829. The molecule has 150 valence electrons. The summed E-state index contributed by atoms with van der Waals surface area (Å²) in [5.41, 5.74) is 5.05. The van der Waals surface area contributed by atoms with Crippen molar-refractivity contribution in [2.45, 2.75) is 19.4 Å². The Morgan fingerprint density at radius 3 is 2.87 bits per heavy atom. The monoisotopic (exact) mass is 400 g/mol. The van der Waals surface area contributed by atoms with E-state index in [-0.39, 0.29) is 12.1 Å². The van der Waals surface area contributed by atoms with Crippen molar-refractivity contribution in [3.63, 3.8) is 0 Å². The van der Waals surface area contributed by atoms with Crippen molar-refractivity contribution in [1.82, 2.24) is 24.9 Å². The standard InChI is InChI=1S/C22H20N6O2/c1-15-7-8-17(18-9-10-21-25-23-14-27(21)26-18)13-19(15)24-22(29)28-20(11-12-30-28)16-5-3-2-4-6-16/h2-10,13-14,20H,11-12H2,1H3,(H,24,29)/t20-/m0/s1. The van der Waals surface area contributed by atoms with E-state index >= 15 is 0 Å². The second-order valence-electron chi connectivity index (χ2n) is 7.19. The molecule has 0 aliphatic carbocycles. The molecule has 5 rings (SSSR count). The first kappa shape index (κ1) is 18.3. The second-order valence-corrected chi connectivity index (χ2v) is 7.19. The van der Waals surface area contributed by atoms with Crippen LogP contribution >= 0.6 is 0 Å². The molecule has 8 nitrogen and oxygen atoms in total. The first-order valence-corrected chi connectivity index (χ1v) is 9.75. The quantitative estimate of drug-likeness (QED) is 0.562. The van der Waals surface area contributed by atoms with Crippen LogP contribution in [0.15, 0.2) is 67.0 Å². The summed E-state index contributed by atoms with van der Waals surface area (Å²) >= 11 is 0. The van der Waals surface area contributed by atoms with Gasteiger partial charge in [-0.05, 0) is 36.2 Å². The molecule has 0 saturated carbocycles. The van der Waals surface area contributed by atoms with E-state index in [1.165, 1.54) is 5.06 Å². The van der Waals surface area contributed by atoms with Gasteiger partial charge in [0.15, 0.2) is 5.65 Å². The van der Waals surface area contributed by atoms with Crippen LogP contribution in [-0.4, -0.2) is 37.5 Å². The number of fused-ring (bicyclic) bond motifs is 1. The Balaban J connectivity index is 1.40. The smallest absolute Gasteiger partial charge is 0.306 e. The molecule has 3 heterocycles. The fourth-order valence-corrected chi connectivity index (χ4v) is 3.62. The summed E-state index contributed by atoms with van der Waals surface area (Å²) in [6, 6.07) is 19.1. The Morgan fingerprint density at radius 1 is 1.13 bits per heavy atom. The number of nitrogens with one attached hydrogen (secondary N) is 1. The summed E-state index contributed by atoms with van der Waals surface area (Å²) in [6.07, 6.45) is 2.32. The molecule has 2 aromatic carbocycles. The molecule has 1 aliphatic heterocycles. The van der Waals surface area contributed by atoms with Gasteiger partial charge in [0, 0.05) is 17.7 Å². The highest BCUT2D eigenvalue weighted by Gasteiger charge is 2.32. The molecule has 0 unspecified atom stereocenters. The lowest BCUT2D eigenvalue weighted by atomic mass is 10.0. The van der Waals surface area contributed by atoms with E-state index in [9.17, 15) is 4.79 Å². The third-order valence-electron chi connectivity index (χ3n) is 5.23. The summed E-state index contributed by atoms with van der Waals surface area (Å²) in [7, 11) is 0. The maximum absolute atomic E-state index is 13.0. The van der Waals surface area contributed by atoms with E-state index in [1.54, 1.807) is 10.8 Å². The average Bonchev–Trinajstić information content (AvgIpc) is 3.45. The lowest BCUT2D eigenvalue weighted by Gasteiger charge is -2.23. The van der Waals surface area contributed by atoms with Crippen LogP contribution < -0.4 is 5.32 Å². The molecule has 1 fully saturated rings. The number of amides is 2. The number of nitrogens with zero attached hydrogens (tertiary/aromatic N) is 5. The number of aromatic nitrogens is 4. The summed E-state index contributed by atoms with van der Waals surface area (Å²) in [4.78, 5) is 18.6. The van der Waals surface area contributed by atoms with Crippen molar-refractivity contribution in [3.05, 3.63) is 78.1 Å². The zero-order chi connectivity index (χ0) is 20.5. The maximum atomic E-state index is 13.0. The number of anilines is 1. The molecule has 0 bridgehead atoms. The number of aryl methyl sites for hydroxylation is 1. The minimum Gasteiger partial charge on any atom is -0.306 e. The molecule has 1 saturated heterocycles. The number of benzene rings is 2. The maximum Gasteiger partial charge on any atom is 0.346 e. The fraction of sp³-hybridized carbons (Fsp3) is 0.182. The van der Waals surface area contributed by atoms with Gasteiger partial charge < -0.3 is 5.32 Å². The molecule has 2 aromatic heterocycles. The lowest BCUT2D eigenvalue weighted by Crippen LogP contribution is -2.33. The van der Waals surface area contributed by atoms with E-state index in [2.05, 4.69) is 20.6 Å². The molecule has 4 aromatic rings. The average molecular weight is 400 g/mol. The van der Waals surface area contributed by atoms with Gasteiger partial charge in [0.05, 0.1) is 18.3 Å². The van der Waals surface area contributed by atoms with Gasteiger partial charge in [-0.25, -0.2) is 4.79 Å². The normalized spacial score (nSPS) is 16.2. The van der Waals surface area contributed by atoms with E-state index in [1.807, 2.05) is 67.6 Å². The molecule has 8 heteroatoms. The van der Waals surface area contributed by atoms with Gasteiger partial charge >= 0.3 is 6.03 Å². The van der Waals surface area contributed by atoms with Gasteiger partial charge in [0.2, 0.25) is 0 Å². The van der Waals surface area contributed by atoms with Gasteiger partial charge in [0.25, 0.3) is 0 Å². The van der Waals surface area contributed by atoms with Crippen molar-refractivity contribution in [2.75, 3.05) is 11.9 Å². The Hall–Kier alpha value is -3.78. The second kappa shape index (κ2) is 7.57. The molecular formula is C22H20N6O2. The van der Waals surface area contributed by atoms with Gasteiger partial charge in [-0.3, -0.25) is 4.84 Å². The minimum atomic E-state index is -0.288. The van der Waals surface area contributed by atoms with Gasteiger partial charge in [-0.15, -0.1) is 10.2 Å². The number of hydrogen-bond acceptors (Lipinski definition) is 5. The molecule has 1 atom stereocenters. The Kier molecular flexibility index (Phi) is 4.61. The molecular weight excluding hydrogens is 380 g/mol. The van der Waals surface area contributed by atoms with Crippen LogP contribution in [0.5, 0.6) is 0 Å². The SMILES string of the molecule is Cc1ccc(-c2ccc3nncn3n2)cc1NC(=O)N1OCC[C@H]1c1ccccc1. The fourth-order valence-electron chi connectivity index (χ4n) is 3.62. The topological polar surface area (TPSA) is 84.7 Å². The van der Waals surface area contributed by atoms with Crippen molar-refractivity contribution in [1.29, 1.82) is 0 Å². The first-order chi connectivity index (χ1) is 14.7. The highest BCUT2D eigenvalue weighted by molar-refractivity contribution is 5.90. The number of rotatable bonds is 3. The molecule has 2 amide bonds. The predicted octanol–water partition coefficient (Wildman–Crippen LogP) is 4.01. The van der Waals surface area contributed by atoms with E-state index in [4.69, 9.17) is 4.84 Å². The van der Waals surface area contributed by atoms with Crippen LogP contribution in [0.3, 0.4) is 0 Å². The summed E-state index contributed by atoms with van der Waals surface area (Å²) in [5, 5.41) is 16.8. The predicted molar refractivity (Wildman–Crippen MR) is 112 cm³/mol. The van der Waals surface area contributed by atoms with Crippen LogP contribution in [0, 0.1) is 6.92 Å². The molecule has 0 spiro atoms. The van der Waals surface area contributed by atoms with E-state index < -0.39 is 0 Å². The number of carbonyl (C=O) groups excluding carboxylic acids is 1. The van der Waals surface area contributed by atoms with Crippen LogP contribution in [0.4, 0.5) is 10.5 Å². The molecule has 1 N–H and O–H groups in total. The Bertz CT molecular complexity index is 1210. The highest BCUT2D eigenvalue weighted by Crippen LogP contribution is 2.31. The van der Waals surface area contributed by atoms with Crippen LogP contribution in [-0.2, 0) is 4.84 Å². The van der Waals surface area contributed by atoms with Crippen LogP contribution in [0.1, 0.15) is 23.6 Å². The number of hydroxylamine groups is 2. The van der Waals surface area contributed by atoms with E-state index in [0.29, 0.717) is 17.9 Å². The zero-order valence-electron chi connectivity index (χ0n) is 16.4. The third kappa shape index (κ3) is 3.37. The van der Waals surface area contributed by atoms with Crippen molar-refractivity contribution in [3.8, 4) is 11.3 Å². The molecule has 30 heavy (non-hydrogen) atoms. The largest absolute Gasteiger partial charge is 0.346 e. The first-order valence-electron chi connectivity index (χ1n) is 9.75. The summed E-state index contributed by atoms with van der Waals surface area (Å²) in [5.74, 6) is 0.